The van der Waals surface area contributed by atoms with Gasteiger partial charge in [0.05, 0.1) is 26.3 Å². The van der Waals surface area contributed by atoms with Crippen LogP contribution in [0.15, 0.2) is 18.2 Å². The molecule has 1 N–H and O–H groups in total. The van der Waals surface area contributed by atoms with E-state index in [2.05, 4.69) is 5.32 Å². The van der Waals surface area contributed by atoms with Crippen molar-refractivity contribution in [2.24, 2.45) is 0 Å². The molecular formula is C28H39N3O4. The molecule has 35 heavy (non-hydrogen) atoms. The number of amides is 2. The molecule has 1 unspecified atom stereocenters. The first-order valence-corrected chi connectivity index (χ1v) is 13.4. The monoisotopic (exact) mass is 481 g/mol. The van der Waals surface area contributed by atoms with E-state index < -0.39 is 5.54 Å². The zero-order valence-electron chi connectivity index (χ0n) is 21.4. The lowest BCUT2D eigenvalue weighted by Crippen LogP contribution is -2.67. The van der Waals surface area contributed by atoms with E-state index in [0.717, 1.165) is 62.3 Å². The summed E-state index contributed by atoms with van der Waals surface area (Å²) < 4.78 is 13.3. The number of methoxy groups -OCH3 is 2. The van der Waals surface area contributed by atoms with Crippen LogP contribution < -0.4 is 14.8 Å². The van der Waals surface area contributed by atoms with Crippen LogP contribution in [0.3, 0.4) is 0 Å². The van der Waals surface area contributed by atoms with Gasteiger partial charge in [-0.25, -0.2) is 0 Å². The molecule has 0 saturated heterocycles. The number of nitrogens with zero attached hydrogens (tertiary/aromatic N) is 2. The molecule has 2 amide bonds. The van der Waals surface area contributed by atoms with Crippen LogP contribution in [0.1, 0.15) is 88.0 Å². The number of aromatic nitrogens is 1. The van der Waals surface area contributed by atoms with E-state index in [-0.39, 0.29) is 23.9 Å². The first-order chi connectivity index (χ1) is 17.0. The molecule has 190 valence electrons. The van der Waals surface area contributed by atoms with Crippen LogP contribution in [0.25, 0.3) is 10.9 Å². The Kier molecular flexibility index (Phi) is 6.69. The lowest BCUT2D eigenvalue weighted by atomic mass is 9.90. The van der Waals surface area contributed by atoms with E-state index in [1.54, 1.807) is 14.2 Å². The van der Waals surface area contributed by atoms with E-state index in [1.165, 1.54) is 19.3 Å². The minimum atomic E-state index is -0.971. The van der Waals surface area contributed by atoms with E-state index in [0.29, 0.717) is 23.7 Å². The van der Waals surface area contributed by atoms with Gasteiger partial charge in [0.15, 0.2) is 0 Å². The average molecular weight is 482 g/mol. The second-order valence-corrected chi connectivity index (χ2v) is 10.8. The number of rotatable bonds is 5. The molecular weight excluding hydrogens is 442 g/mol. The fraction of sp³-hybridized carbons (Fsp3) is 0.643. The summed E-state index contributed by atoms with van der Waals surface area (Å²) in [4.78, 5) is 30.1. The van der Waals surface area contributed by atoms with Gasteiger partial charge in [0, 0.05) is 17.5 Å². The quantitative estimate of drug-likeness (QED) is 0.649. The third-order valence-corrected chi connectivity index (χ3v) is 8.48. The molecule has 2 heterocycles. The van der Waals surface area contributed by atoms with Crippen molar-refractivity contribution in [3.05, 3.63) is 23.9 Å². The summed E-state index contributed by atoms with van der Waals surface area (Å²) in [6.07, 6.45) is 12.2. The first kappa shape index (κ1) is 24.0. The molecule has 7 heteroatoms. The SMILES string of the molecule is COc1ccc(OC)c2c1cc1n2CC(C)(C(=O)NC2CCCCCCC2)N(C2CCCC2)C1=O. The average Bonchev–Trinajstić information content (AvgIpc) is 3.49. The van der Waals surface area contributed by atoms with Gasteiger partial charge in [0.1, 0.15) is 22.7 Å². The molecule has 3 aliphatic rings. The highest BCUT2D eigenvalue weighted by molar-refractivity contribution is 6.06. The fourth-order valence-corrected chi connectivity index (χ4v) is 6.59. The van der Waals surface area contributed by atoms with Gasteiger partial charge in [-0.15, -0.1) is 0 Å². The third kappa shape index (κ3) is 4.17. The number of hydrogen-bond donors (Lipinski definition) is 1. The minimum Gasteiger partial charge on any atom is -0.496 e. The lowest BCUT2D eigenvalue weighted by Gasteiger charge is -2.47. The Morgan fingerprint density at radius 3 is 2.20 bits per heavy atom. The third-order valence-electron chi connectivity index (χ3n) is 8.48. The number of carbonyl (C=O) groups is 2. The molecule has 2 fully saturated rings. The molecule has 5 rings (SSSR count). The molecule has 0 bridgehead atoms. The molecule has 1 aromatic heterocycles. The maximum Gasteiger partial charge on any atom is 0.271 e. The van der Waals surface area contributed by atoms with Crippen molar-refractivity contribution in [2.75, 3.05) is 14.2 Å². The van der Waals surface area contributed by atoms with Gasteiger partial charge in [-0.05, 0) is 50.8 Å². The molecule has 2 aliphatic carbocycles. The van der Waals surface area contributed by atoms with Crippen molar-refractivity contribution in [1.29, 1.82) is 0 Å². The zero-order valence-corrected chi connectivity index (χ0v) is 21.4. The van der Waals surface area contributed by atoms with Crippen LogP contribution in [0.5, 0.6) is 11.5 Å². The van der Waals surface area contributed by atoms with E-state index in [9.17, 15) is 9.59 Å². The van der Waals surface area contributed by atoms with Gasteiger partial charge >= 0.3 is 0 Å². The maximum absolute atomic E-state index is 14.1. The highest BCUT2D eigenvalue weighted by Gasteiger charge is 2.51. The Balaban J connectivity index is 1.57. The standard InChI is InChI=1S/C28H39N3O4/c1-28(27(33)29-19-11-7-5-4-6-8-12-19)18-30-22(26(32)31(28)20-13-9-10-14-20)17-21-23(34-2)15-16-24(35-3)25(21)30/h15-17,19-20H,4-14,18H2,1-3H3,(H,29,33). The molecule has 1 aliphatic heterocycles. The van der Waals surface area contributed by atoms with Crippen LogP contribution in [-0.4, -0.2) is 53.1 Å². The Morgan fingerprint density at radius 1 is 0.943 bits per heavy atom. The van der Waals surface area contributed by atoms with Gasteiger partial charge in [0.25, 0.3) is 5.91 Å². The Hall–Kier alpha value is -2.70. The van der Waals surface area contributed by atoms with Crippen molar-refractivity contribution in [2.45, 2.75) is 102 Å². The van der Waals surface area contributed by atoms with Gasteiger partial charge in [-0.1, -0.05) is 44.9 Å². The van der Waals surface area contributed by atoms with Crippen molar-refractivity contribution in [1.82, 2.24) is 14.8 Å². The Morgan fingerprint density at radius 2 is 1.54 bits per heavy atom. The summed E-state index contributed by atoms with van der Waals surface area (Å²) in [7, 11) is 3.27. The molecule has 2 aromatic rings. The number of hydrogen-bond acceptors (Lipinski definition) is 4. The maximum atomic E-state index is 14.1. The fourth-order valence-electron chi connectivity index (χ4n) is 6.59. The van der Waals surface area contributed by atoms with Gasteiger partial charge < -0.3 is 24.3 Å². The van der Waals surface area contributed by atoms with Crippen LogP contribution >= 0.6 is 0 Å². The summed E-state index contributed by atoms with van der Waals surface area (Å²) in [5, 5.41) is 4.23. The molecule has 1 atom stereocenters. The van der Waals surface area contributed by atoms with Crippen molar-refractivity contribution >= 4 is 22.7 Å². The first-order valence-electron chi connectivity index (χ1n) is 13.4. The van der Waals surface area contributed by atoms with Crippen LogP contribution in [0, 0.1) is 0 Å². The largest absolute Gasteiger partial charge is 0.496 e. The molecule has 0 radical (unpaired) electrons. The number of nitrogens with one attached hydrogen (secondary N) is 1. The van der Waals surface area contributed by atoms with E-state index in [1.807, 2.05) is 34.6 Å². The summed E-state index contributed by atoms with van der Waals surface area (Å²) in [5.74, 6) is 1.27. The second kappa shape index (κ2) is 9.75. The van der Waals surface area contributed by atoms with E-state index in [4.69, 9.17) is 9.47 Å². The lowest BCUT2D eigenvalue weighted by molar-refractivity contribution is -0.135. The molecule has 7 nitrogen and oxygen atoms in total. The van der Waals surface area contributed by atoms with Crippen LogP contribution in [-0.2, 0) is 11.3 Å². The second-order valence-electron chi connectivity index (χ2n) is 10.8. The predicted octanol–water partition coefficient (Wildman–Crippen LogP) is 5.04. The van der Waals surface area contributed by atoms with Gasteiger partial charge in [0.2, 0.25) is 5.91 Å². The summed E-state index contributed by atoms with van der Waals surface area (Å²) in [5.41, 5.74) is 0.443. The van der Waals surface area contributed by atoms with Crippen LogP contribution in [0.4, 0.5) is 0 Å². The molecule has 1 aromatic carbocycles. The highest BCUT2D eigenvalue weighted by atomic mass is 16.5. The van der Waals surface area contributed by atoms with Gasteiger partial charge in [-0.3, -0.25) is 9.59 Å². The summed E-state index contributed by atoms with van der Waals surface area (Å²) >= 11 is 0. The van der Waals surface area contributed by atoms with Crippen molar-refractivity contribution < 1.29 is 19.1 Å². The molecule has 2 saturated carbocycles. The predicted molar refractivity (Wildman–Crippen MR) is 136 cm³/mol. The summed E-state index contributed by atoms with van der Waals surface area (Å²) in [6, 6.07) is 5.91. The zero-order chi connectivity index (χ0) is 24.6. The van der Waals surface area contributed by atoms with E-state index >= 15 is 0 Å². The number of ether oxygens (including phenoxy) is 2. The van der Waals surface area contributed by atoms with Crippen LogP contribution in [0.2, 0.25) is 0 Å². The van der Waals surface area contributed by atoms with Crippen molar-refractivity contribution in [3.63, 3.8) is 0 Å². The minimum absolute atomic E-state index is 0.0299. The Labute approximate surface area is 208 Å². The number of carbonyl (C=O) groups excluding carboxylic acids is 2. The van der Waals surface area contributed by atoms with Gasteiger partial charge in [-0.2, -0.15) is 0 Å². The molecule has 0 spiro atoms. The van der Waals surface area contributed by atoms with Crippen molar-refractivity contribution in [3.8, 4) is 11.5 Å². The smallest absolute Gasteiger partial charge is 0.271 e. The highest BCUT2D eigenvalue weighted by Crippen LogP contribution is 2.42. The summed E-state index contributed by atoms with van der Waals surface area (Å²) in [6.45, 7) is 2.36. The number of benzene rings is 1. The number of fused-ring (bicyclic) bond motifs is 3. The topological polar surface area (TPSA) is 72.8 Å². The normalized spacial score (nSPS) is 24.2. The Bertz CT molecular complexity index is 1100.